The second-order valence-electron chi connectivity index (χ2n) is 7.89. The molecule has 0 bridgehead atoms. The van der Waals surface area contributed by atoms with E-state index in [9.17, 15) is 14.4 Å². The molecule has 144 valence electrons. The summed E-state index contributed by atoms with van der Waals surface area (Å²) < 4.78 is 11.5. The Morgan fingerprint density at radius 1 is 1.00 bits per heavy atom. The molecule has 3 heterocycles. The van der Waals surface area contributed by atoms with Crippen LogP contribution in [0.4, 0.5) is 4.79 Å². The van der Waals surface area contributed by atoms with E-state index in [1.807, 2.05) is 0 Å². The number of amides is 4. The predicted molar refractivity (Wildman–Crippen MR) is 91.4 cm³/mol. The van der Waals surface area contributed by atoms with Crippen molar-refractivity contribution in [3.63, 3.8) is 0 Å². The summed E-state index contributed by atoms with van der Waals surface area (Å²) in [6.07, 6.45) is 5.68. The lowest BCUT2D eigenvalue weighted by Gasteiger charge is -2.35. The maximum absolute atomic E-state index is 12.7. The van der Waals surface area contributed by atoms with Crippen LogP contribution in [0.2, 0.25) is 0 Å². The fourth-order valence-electron chi connectivity index (χ4n) is 4.65. The minimum atomic E-state index is -0.759. The SMILES string of the molecule is O=C(CN1C(=O)NC2(CCCC2)C1=O)N1CCOC2(CCOCC2)CC1. The van der Waals surface area contributed by atoms with Crippen LogP contribution in [-0.4, -0.2) is 78.2 Å². The lowest BCUT2D eigenvalue weighted by molar-refractivity contribution is -0.139. The zero-order valence-electron chi connectivity index (χ0n) is 15.1. The van der Waals surface area contributed by atoms with Crippen molar-refractivity contribution >= 4 is 17.8 Å². The maximum atomic E-state index is 12.7. The van der Waals surface area contributed by atoms with Crippen LogP contribution in [0.15, 0.2) is 0 Å². The summed E-state index contributed by atoms with van der Waals surface area (Å²) in [6, 6.07) is -0.433. The zero-order chi connectivity index (χ0) is 18.2. The summed E-state index contributed by atoms with van der Waals surface area (Å²) in [5, 5.41) is 2.82. The Bertz CT molecular complexity index is 596. The highest BCUT2D eigenvalue weighted by molar-refractivity contribution is 6.09. The van der Waals surface area contributed by atoms with Crippen molar-refractivity contribution in [2.75, 3.05) is 39.5 Å². The highest BCUT2D eigenvalue weighted by atomic mass is 16.5. The molecule has 26 heavy (non-hydrogen) atoms. The zero-order valence-corrected chi connectivity index (χ0v) is 15.1. The normalized spacial score (nSPS) is 27.8. The fourth-order valence-corrected chi connectivity index (χ4v) is 4.65. The van der Waals surface area contributed by atoms with Gasteiger partial charge in [-0.1, -0.05) is 12.8 Å². The molecule has 4 rings (SSSR count). The lowest BCUT2D eigenvalue weighted by atomic mass is 9.90. The molecule has 1 aliphatic carbocycles. The number of hydrogen-bond acceptors (Lipinski definition) is 5. The third-order valence-electron chi connectivity index (χ3n) is 6.36. The Balaban J connectivity index is 1.37. The van der Waals surface area contributed by atoms with Gasteiger partial charge in [0, 0.05) is 26.3 Å². The standard InChI is InChI=1S/C18H27N3O5/c22-14(13-21-15(23)18(19-16(21)24)3-1-2-4-18)20-8-5-17(26-12-9-20)6-10-25-11-7-17/h1-13H2,(H,19,24). The average molecular weight is 365 g/mol. The van der Waals surface area contributed by atoms with Gasteiger partial charge < -0.3 is 19.7 Å². The fraction of sp³-hybridized carbons (Fsp3) is 0.833. The molecule has 3 aliphatic heterocycles. The summed E-state index contributed by atoms with van der Waals surface area (Å²) in [5.74, 6) is -0.420. The van der Waals surface area contributed by atoms with E-state index in [0.717, 1.165) is 37.0 Å². The number of hydrogen-bond donors (Lipinski definition) is 1. The maximum Gasteiger partial charge on any atom is 0.325 e. The van der Waals surface area contributed by atoms with E-state index in [0.29, 0.717) is 45.8 Å². The summed E-state index contributed by atoms with van der Waals surface area (Å²) in [7, 11) is 0. The Morgan fingerprint density at radius 3 is 2.46 bits per heavy atom. The van der Waals surface area contributed by atoms with Crippen LogP contribution in [0.1, 0.15) is 44.9 Å². The molecular formula is C18H27N3O5. The quantitative estimate of drug-likeness (QED) is 0.726. The van der Waals surface area contributed by atoms with Gasteiger partial charge in [0.05, 0.1) is 12.2 Å². The lowest BCUT2D eigenvalue weighted by Crippen LogP contribution is -2.46. The second-order valence-corrected chi connectivity index (χ2v) is 7.89. The Kier molecular flexibility index (Phi) is 4.64. The first-order chi connectivity index (χ1) is 12.5. The highest BCUT2D eigenvalue weighted by Gasteiger charge is 2.53. The number of ether oxygens (including phenoxy) is 2. The van der Waals surface area contributed by atoms with Gasteiger partial charge in [-0.3, -0.25) is 14.5 Å². The van der Waals surface area contributed by atoms with Gasteiger partial charge in [0.2, 0.25) is 5.91 Å². The number of nitrogens with zero attached hydrogens (tertiary/aromatic N) is 2. The van der Waals surface area contributed by atoms with Crippen molar-refractivity contribution < 1.29 is 23.9 Å². The predicted octanol–water partition coefficient (Wildman–Crippen LogP) is 0.649. The summed E-state index contributed by atoms with van der Waals surface area (Å²) in [4.78, 5) is 40.5. The van der Waals surface area contributed by atoms with Gasteiger partial charge in [0.1, 0.15) is 12.1 Å². The van der Waals surface area contributed by atoms with Crippen LogP contribution >= 0.6 is 0 Å². The minimum Gasteiger partial charge on any atom is -0.381 e. The summed E-state index contributed by atoms with van der Waals surface area (Å²) in [6.45, 7) is 2.78. The number of imide groups is 1. The second kappa shape index (κ2) is 6.81. The molecule has 0 radical (unpaired) electrons. The summed E-state index contributed by atoms with van der Waals surface area (Å²) >= 11 is 0. The van der Waals surface area contributed by atoms with E-state index in [2.05, 4.69) is 5.32 Å². The van der Waals surface area contributed by atoms with E-state index in [1.165, 1.54) is 0 Å². The number of nitrogens with one attached hydrogen (secondary N) is 1. The van der Waals surface area contributed by atoms with Gasteiger partial charge in [-0.15, -0.1) is 0 Å². The monoisotopic (exact) mass is 365 g/mol. The van der Waals surface area contributed by atoms with E-state index in [4.69, 9.17) is 9.47 Å². The topological polar surface area (TPSA) is 88.2 Å². The van der Waals surface area contributed by atoms with E-state index >= 15 is 0 Å². The average Bonchev–Trinajstić information content (AvgIpc) is 3.12. The third kappa shape index (κ3) is 3.09. The molecule has 0 unspecified atom stereocenters. The van der Waals surface area contributed by atoms with Crippen molar-refractivity contribution in [2.24, 2.45) is 0 Å². The molecule has 2 spiro atoms. The van der Waals surface area contributed by atoms with Gasteiger partial charge in [-0.25, -0.2) is 4.79 Å². The van der Waals surface area contributed by atoms with Gasteiger partial charge in [-0.05, 0) is 32.1 Å². The number of carbonyl (C=O) groups excluding carboxylic acids is 3. The Hall–Kier alpha value is -1.67. The highest BCUT2D eigenvalue weighted by Crippen LogP contribution is 2.35. The molecule has 4 fully saturated rings. The first kappa shape index (κ1) is 17.7. The number of carbonyl (C=O) groups is 3. The first-order valence-electron chi connectivity index (χ1n) is 9.67. The molecule has 8 nitrogen and oxygen atoms in total. The van der Waals surface area contributed by atoms with Gasteiger partial charge in [0.25, 0.3) is 5.91 Å². The molecule has 0 aromatic carbocycles. The van der Waals surface area contributed by atoms with Gasteiger partial charge >= 0.3 is 6.03 Å². The molecule has 0 aromatic rings. The first-order valence-corrected chi connectivity index (χ1v) is 9.67. The van der Waals surface area contributed by atoms with Crippen molar-refractivity contribution in [1.82, 2.24) is 15.1 Å². The van der Waals surface area contributed by atoms with Gasteiger partial charge in [-0.2, -0.15) is 0 Å². The van der Waals surface area contributed by atoms with Crippen LogP contribution < -0.4 is 5.32 Å². The van der Waals surface area contributed by atoms with Crippen LogP contribution in [0, 0.1) is 0 Å². The molecule has 0 atom stereocenters. The summed E-state index contributed by atoms with van der Waals surface area (Å²) in [5.41, 5.74) is -0.951. The Labute approximate surface area is 153 Å². The Morgan fingerprint density at radius 2 is 1.73 bits per heavy atom. The van der Waals surface area contributed by atoms with Crippen LogP contribution in [0.25, 0.3) is 0 Å². The molecule has 0 aromatic heterocycles. The molecular weight excluding hydrogens is 338 g/mol. The third-order valence-corrected chi connectivity index (χ3v) is 6.36. The van der Waals surface area contributed by atoms with E-state index in [-0.39, 0.29) is 24.0 Å². The largest absolute Gasteiger partial charge is 0.381 e. The molecule has 4 amide bonds. The molecule has 1 saturated carbocycles. The van der Waals surface area contributed by atoms with E-state index < -0.39 is 11.6 Å². The van der Waals surface area contributed by atoms with Crippen molar-refractivity contribution in [3.05, 3.63) is 0 Å². The molecule has 1 N–H and O–H groups in total. The van der Waals surface area contributed by atoms with Gasteiger partial charge in [0.15, 0.2) is 0 Å². The van der Waals surface area contributed by atoms with E-state index in [1.54, 1.807) is 4.90 Å². The van der Waals surface area contributed by atoms with Crippen molar-refractivity contribution in [3.8, 4) is 0 Å². The molecule has 8 heteroatoms. The number of urea groups is 1. The van der Waals surface area contributed by atoms with Crippen LogP contribution in [0.3, 0.4) is 0 Å². The van der Waals surface area contributed by atoms with Crippen molar-refractivity contribution in [1.29, 1.82) is 0 Å². The minimum absolute atomic E-state index is 0.178. The van der Waals surface area contributed by atoms with Crippen molar-refractivity contribution in [2.45, 2.75) is 56.1 Å². The molecule has 4 aliphatic rings. The van der Waals surface area contributed by atoms with Crippen LogP contribution in [-0.2, 0) is 19.1 Å². The van der Waals surface area contributed by atoms with Crippen LogP contribution in [0.5, 0.6) is 0 Å². The molecule has 3 saturated heterocycles. The number of rotatable bonds is 2. The smallest absolute Gasteiger partial charge is 0.325 e.